The summed E-state index contributed by atoms with van der Waals surface area (Å²) in [5.74, 6) is -0.273. The molecule has 0 amide bonds. The van der Waals surface area contributed by atoms with Crippen LogP contribution in [-0.4, -0.2) is 9.13 Å². The number of para-hydroxylation sites is 2. The zero-order chi connectivity index (χ0) is 25.1. The zero-order valence-corrected chi connectivity index (χ0v) is 19.5. The SMILES string of the molecule is N#Cc1ccc(-n2c3ccccc3c3cc4c(cc32)c2ccccc2n4-c2ccc(F)cc2)c(C#N)c1. The molecule has 172 valence electrons. The fourth-order valence-corrected chi connectivity index (χ4v) is 5.45. The highest BCUT2D eigenvalue weighted by molar-refractivity contribution is 6.19. The van der Waals surface area contributed by atoms with Crippen molar-refractivity contribution in [3.63, 3.8) is 0 Å². The van der Waals surface area contributed by atoms with Crippen LogP contribution in [0.15, 0.2) is 103 Å². The van der Waals surface area contributed by atoms with Gasteiger partial charge in [-0.2, -0.15) is 10.5 Å². The molecule has 0 saturated carbocycles. The van der Waals surface area contributed by atoms with Gasteiger partial charge in [0.05, 0.1) is 45.0 Å². The van der Waals surface area contributed by atoms with E-state index in [0.29, 0.717) is 11.1 Å². The van der Waals surface area contributed by atoms with E-state index in [1.54, 1.807) is 24.3 Å². The first kappa shape index (κ1) is 20.9. The van der Waals surface area contributed by atoms with Gasteiger partial charge in [-0.1, -0.05) is 36.4 Å². The lowest BCUT2D eigenvalue weighted by atomic mass is 10.1. The van der Waals surface area contributed by atoms with E-state index >= 15 is 0 Å². The summed E-state index contributed by atoms with van der Waals surface area (Å²) >= 11 is 0. The van der Waals surface area contributed by atoms with Gasteiger partial charge in [-0.25, -0.2) is 4.39 Å². The highest BCUT2D eigenvalue weighted by Crippen LogP contribution is 2.39. The number of benzene rings is 5. The van der Waals surface area contributed by atoms with Crippen molar-refractivity contribution in [3.8, 4) is 23.5 Å². The molecule has 0 atom stereocenters. The maximum absolute atomic E-state index is 13.8. The Morgan fingerprint density at radius 2 is 1.14 bits per heavy atom. The van der Waals surface area contributed by atoms with Crippen LogP contribution in [-0.2, 0) is 0 Å². The van der Waals surface area contributed by atoms with Gasteiger partial charge in [0, 0.05) is 27.2 Å². The standard InChI is InChI=1S/C32H17FN4/c33-22-10-12-23(13-11-22)36-29-7-3-1-5-24(29)26-17-32-27(16-31(26)36)25-6-2-4-8-30(25)37(32)28-14-9-20(18-34)15-21(28)19-35/h1-17H. The molecule has 2 aromatic heterocycles. The molecule has 0 bridgehead atoms. The molecule has 7 rings (SSSR count). The third-order valence-corrected chi connectivity index (χ3v) is 7.04. The normalized spacial score (nSPS) is 11.3. The second-order valence-corrected chi connectivity index (χ2v) is 9.02. The number of halogens is 1. The number of fused-ring (bicyclic) bond motifs is 6. The van der Waals surface area contributed by atoms with Gasteiger partial charge in [0.2, 0.25) is 0 Å². The lowest BCUT2D eigenvalue weighted by Gasteiger charge is -2.11. The van der Waals surface area contributed by atoms with Crippen molar-refractivity contribution in [2.75, 3.05) is 0 Å². The van der Waals surface area contributed by atoms with Gasteiger partial charge in [-0.15, -0.1) is 0 Å². The van der Waals surface area contributed by atoms with Gasteiger partial charge in [0.15, 0.2) is 0 Å². The van der Waals surface area contributed by atoms with E-state index in [1.165, 1.54) is 12.1 Å². The Bertz CT molecular complexity index is 2120. The van der Waals surface area contributed by atoms with Crippen LogP contribution in [0.25, 0.3) is 55.0 Å². The molecule has 2 heterocycles. The summed E-state index contributed by atoms with van der Waals surface area (Å²) in [5, 5.41) is 23.6. The fourth-order valence-electron chi connectivity index (χ4n) is 5.45. The van der Waals surface area contributed by atoms with E-state index in [9.17, 15) is 14.9 Å². The fraction of sp³-hybridized carbons (Fsp3) is 0. The van der Waals surface area contributed by atoms with Crippen LogP contribution >= 0.6 is 0 Å². The Morgan fingerprint density at radius 1 is 0.541 bits per heavy atom. The molecule has 5 heteroatoms. The molecule has 7 aromatic rings. The quantitative estimate of drug-likeness (QED) is 0.256. The maximum atomic E-state index is 13.8. The summed E-state index contributed by atoms with van der Waals surface area (Å²) in [6, 6.07) is 36.9. The molecule has 37 heavy (non-hydrogen) atoms. The minimum Gasteiger partial charge on any atom is -0.309 e. The number of aromatic nitrogens is 2. The molecule has 0 radical (unpaired) electrons. The monoisotopic (exact) mass is 476 g/mol. The molecule has 0 saturated heterocycles. The Kier molecular flexibility index (Phi) is 4.42. The van der Waals surface area contributed by atoms with Crippen molar-refractivity contribution in [1.82, 2.24) is 9.13 Å². The molecule has 0 N–H and O–H groups in total. The molecular weight excluding hydrogens is 459 g/mol. The Morgan fingerprint density at radius 3 is 1.76 bits per heavy atom. The smallest absolute Gasteiger partial charge is 0.123 e. The predicted octanol–water partition coefficient (Wildman–Crippen LogP) is 7.76. The average Bonchev–Trinajstić information content (AvgIpc) is 3.44. The average molecular weight is 477 g/mol. The zero-order valence-electron chi connectivity index (χ0n) is 19.5. The summed E-state index contributed by atoms with van der Waals surface area (Å²) < 4.78 is 18.0. The van der Waals surface area contributed by atoms with E-state index in [-0.39, 0.29) is 5.82 Å². The summed E-state index contributed by atoms with van der Waals surface area (Å²) in [6.45, 7) is 0. The largest absolute Gasteiger partial charge is 0.309 e. The first-order valence-corrected chi connectivity index (χ1v) is 11.8. The highest BCUT2D eigenvalue weighted by Gasteiger charge is 2.19. The first-order valence-electron chi connectivity index (χ1n) is 11.8. The summed E-state index contributed by atoms with van der Waals surface area (Å²) in [4.78, 5) is 0. The van der Waals surface area contributed by atoms with Gasteiger partial charge in [-0.3, -0.25) is 0 Å². The minimum atomic E-state index is -0.273. The number of nitriles is 2. The van der Waals surface area contributed by atoms with E-state index in [1.807, 2.05) is 36.4 Å². The summed E-state index contributed by atoms with van der Waals surface area (Å²) in [6.07, 6.45) is 0. The van der Waals surface area contributed by atoms with Gasteiger partial charge in [0.25, 0.3) is 0 Å². The number of nitrogens with zero attached hydrogens (tertiary/aromatic N) is 4. The number of hydrogen-bond acceptors (Lipinski definition) is 2. The van der Waals surface area contributed by atoms with E-state index in [2.05, 4.69) is 51.6 Å². The molecule has 0 spiro atoms. The molecular formula is C32H17FN4. The Hall–Kier alpha value is -5.39. The van der Waals surface area contributed by atoms with Crippen molar-refractivity contribution in [2.24, 2.45) is 0 Å². The first-order chi connectivity index (χ1) is 18.2. The lowest BCUT2D eigenvalue weighted by Crippen LogP contribution is -1.98. The molecule has 0 aliphatic carbocycles. The molecule has 5 aromatic carbocycles. The van der Waals surface area contributed by atoms with Crippen molar-refractivity contribution in [2.45, 2.75) is 0 Å². The number of hydrogen-bond donors (Lipinski definition) is 0. The van der Waals surface area contributed by atoms with Crippen LogP contribution in [0.5, 0.6) is 0 Å². The van der Waals surface area contributed by atoms with Crippen molar-refractivity contribution in [3.05, 3.63) is 120 Å². The Labute approximate surface area is 211 Å². The highest BCUT2D eigenvalue weighted by atomic mass is 19.1. The van der Waals surface area contributed by atoms with Crippen LogP contribution in [0.2, 0.25) is 0 Å². The molecule has 0 unspecified atom stereocenters. The van der Waals surface area contributed by atoms with Crippen LogP contribution in [0.1, 0.15) is 11.1 Å². The Balaban J connectivity index is 1.66. The van der Waals surface area contributed by atoms with Gasteiger partial charge in [0.1, 0.15) is 11.9 Å². The van der Waals surface area contributed by atoms with Crippen LogP contribution in [0.3, 0.4) is 0 Å². The van der Waals surface area contributed by atoms with E-state index in [4.69, 9.17) is 0 Å². The summed E-state index contributed by atoms with van der Waals surface area (Å²) in [7, 11) is 0. The third kappa shape index (κ3) is 2.99. The second-order valence-electron chi connectivity index (χ2n) is 9.02. The minimum absolute atomic E-state index is 0.273. The maximum Gasteiger partial charge on any atom is 0.123 e. The van der Waals surface area contributed by atoms with Crippen molar-refractivity contribution in [1.29, 1.82) is 10.5 Å². The molecule has 0 aliphatic rings. The van der Waals surface area contributed by atoms with E-state index in [0.717, 1.165) is 55.0 Å². The van der Waals surface area contributed by atoms with Crippen molar-refractivity contribution >= 4 is 43.6 Å². The lowest BCUT2D eigenvalue weighted by molar-refractivity contribution is 0.627. The third-order valence-electron chi connectivity index (χ3n) is 7.04. The predicted molar refractivity (Wildman–Crippen MR) is 145 cm³/mol. The van der Waals surface area contributed by atoms with Gasteiger partial charge < -0.3 is 9.13 Å². The van der Waals surface area contributed by atoms with Gasteiger partial charge in [-0.05, 0) is 66.7 Å². The summed E-state index contributed by atoms with van der Waals surface area (Å²) in [5.41, 5.74) is 6.50. The van der Waals surface area contributed by atoms with Crippen LogP contribution < -0.4 is 0 Å². The molecule has 0 fully saturated rings. The van der Waals surface area contributed by atoms with Gasteiger partial charge >= 0.3 is 0 Å². The topological polar surface area (TPSA) is 57.4 Å². The van der Waals surface area contributed by atoms with E-state index < -0.39 is 0 Å². The molecule has 4 nitrogen and oxygen atoms in total. The van der Waals surface area contributed by atoms with Crippen LogP contribution in [0.4, 0.5) is 4.39 Å². The van der Waals surface area contributed by atoms with Crippen LogP contribution in [0, 0.1) is 28.5 Å². The van der Waals surface area contributed by atoms with Crippen molar-refractivity contribution < 1.29 is 4.39 Å². The second kappa shape index (κ2) is 7.81. The molecule has 0 aliphatic heterocycles. The number of rotatable bonds is 2.